The predicted octanol–water partition coefficient (Wildman–Crippen LogP) is 4.96. The van der Waals surface area contributed by atoms with Crippen LogP contribution in [0.3, 0.4) is 0 Å². The molecule has 0 N–H and O–H groups in total. The van der Waals surface area contributed by atoms with Crippen LogP contribution in [0.1, 0.15) is 13.3 Å². The van der Waals surface area contributed by atoms with Crippen LogP contribution in [0.25, 0.3) is 0 Å². The Hall–Kier alpha value is -1.77. The maximum Gasteiger partial charge on any atom is 0.211 e. The highest BCUT2D eigenvalue weighted by atomic mass is 79.9. The number of allylic oxidation sites excluding steroid dienone is 4. The van der Waals surface area contributed by atoms with Gasteiger partial charge in [-0.25, -0.2) is 4.99 Å². The van der Waals surface area contributed by atoms with E-state index >= 15 is 0 Å². The van der Waals surface area contributed by atoms with Crippen molar-refractivity contribution in [1.82, 2.24) is 0 Å². The molecule has 5 heteroatoms. The number of guanidine groups is 1. The van der Waals surface area contributed by atoms with Crippen molar-refractivity contribution >= 4 is 49.2 Å². The molecule has 0 saturated heterocycles. The van der Waals surface area contributed by atoms with Crippen molar-refractivity contribution in [3.8, 4) is 12.3 Å². The Morgan fingerprint density at radius 1 is 1.32 bits per heavy atom. The minimum absolute atomic E-state index is 0.0540. The summed E-state index contributed by atoms with van der Waals surface area (Å²) in [5.74, 6) is 3.53. The van der Waals surface area contributed by atoms with Crippen molar-refractivity contribution in [1.29, 1.82) is 0 Å². The average molecular weight is 459 g/mol. The number of halogens is 2. The van der Waals surface area contributed by atoms with Crippen LogP contribution >= 0.6 is 31.9 Å². The van der Waals surface area contributed by atoms with Gasteiger partial charge in [-0.05, 0) is 54.3 Å². The highest BCUT2D eigenvalue weighted by molar-refractivity contribution is 9.12. The molecule has 0 amide bonds. The Morgan fingerprint density at radius 3 is 2.80 bits per heavy atom. The molecule has 1 aromatic carbocycles. The molecule has 3 unspecified atom stereocenters. The van der Waals surface area contributed by atoms with Crippen molar-refractivity contribution in [3.05, 3.63) is 58.7 Å². The minimum atomic E-state index is 0.0540. The number of benzene rings is 1. The van der Waals surface area contributed by atoms with Crippen LogP contribution in [-0.2, 0) is 0 Å². The standard InChI is InChI=1S/C20H17Br2N3/c1-3-4-7-17-13(2)24-18-8-5-6-9-19(18)25(20(24)23-17)16-11-14(21)10-15(22)12-16/h1,4-9,11-14,17H,10H2,2H3/b7-4-. The largest absolute Gasteiger partial charge is 0.305 e. The van der Waals surface area contributed by atoms with Crippen molar-refractivity contribution in [2.24, 2.45) is 4.99 Å². The van der Waals surface area contributed by atoms with E-state index in [9.17, 15) is 0 Å². The maximum atomic E-state index is 5.38. The van der Waals surface area contributed by atoms with Crippen molar-refractivity contribution in [3.63, 3.8) is 0 Å². The molecule has 3 nitrogen and oxygen atoms in total. The monoisotopic (exact) mass is 457 g/mol. The molecule has 2 heterocycles. The Morgan fingerprint density at radius 2 is 2.08 bits per heavy atom. The first kappa shape index (κ1) is 16.7. The van der Waals surface area contributed by atoms with E-state index in [1.54, 1.807) is 6.08 Å². The fourth-order valence-corrected chi connectivity index (χ4v) is 5.18. The average Bonchev–Trinajstić information content (AvgIpc) is 3.06. The summed E-state index contributed by atoms with van der Waals surface area (Å²) < 4.78 is 1.18. The molecule has 1 aromatic rings. The number of hydrogen-bond donors (Lipinski definition) is 0. The third-order valence-electron chi connectivity index (χ3n) is 4.66. The molecule has 0 fully saturated rings. The lowest BCUT2D eigenvalue weighted by Gasteiger charge is -2.25. The van der Waals surface area contributed by atoms with E-state index in [0.29, 0.717) is 4.83 Å². The van der Waals surface area contributed by atoms with Crippen LogP contribution in [0, 0.1) is 12.3 Å². The second-order valence-corrected chi connectivity index (χ2v) is 8.48. The van der Waals surface area contributed by atoms with Gasteiger partial charge in [-0.3, -0.25) is 4.90 Å². The van der Waals surface area contributed by atoms with Gasteiger partial charge in [0, 0.05) is 10.5 Å². The zero-order chi connectivity index (χ0) is 17.6. The Bertz CT molecular complexity index is 875. The molecule has 25 heavy (non-hydrogen) atoms. The SMILES string of the molecule is C#C/C=C\C1N=C2N(C3=CC(Br)CC(Br)=C3)c3ccccc3N2C1C. The fourth-order valence-electron chi connectivity index (χ4n) is 3.55. The van der Waals surface area contributed by atoms with Gasteiger partial charge in [-0.15, -0.1) is 6.42 Å². The summed E-state index contributed by atoms with van der Waals surface area (Å²) in [5.41, 5.74) is 3.48. The van der Waals surface area contributed by atoms with Gasteiger partial charge < -0.3 is 4.90 Å². The normalized spacial score (nSPS) is 27.6. The minimum Gasteiger partial charge on any atom is -0.305 e. The van der Waals surface area contributed by atoms with Gasteiger partial charge in [0.15, 0.2) is 0 Å². The summed E-state index contributed by atoms with van der Waals surface area (Å²) in [7, 11) is 0. The first-order chi connectivity index (χ1) is 12.1. The molecule has 126 valence electrons. The molecule has 3 atom stereocenters. The summed E-state index contributed by atoms with van der Waals surface area (Å²) in [5, 5.41) is 0. The molecule has 1 aliphatic carbocycles. The lowest BCUT2D eigenvalue weighted by molar-refractivity contribution is 0.689. The third kappa shape index (κ3) is 2.78. The molecule has 2 aliphatic heterocycles. The molecular weight excluding hydrogens is 442 g/mol. The topological polar surface area (TPSA) is 18.8 Å². The summed E-state index contributed by atoms with van der Waals surface area (Å²) in [6, 6.07) is 8.73. The zero-order valence-corrected chi connectivity index (χ0v) is 16.9. The quantitative estimate of drug-likeness (QED) is 0.460. The van der Waals surface area contributed by atoms with Crippen LogP contribution in [0.15, 0.2) is 63.7 Å². The number of aliphatic imine (C=N–C) groups is 1. The number of rotatable bonds is 2. The summed E-state index contributed by atoms with van der Waals surface area (Å²) >= 11 is 7.39. The second kappa shape index (κ2) is 6.51. The number of hydrogen-bond acceptors (Lipinski definition) is 3. The van der Waals surface area contributed by atoms with Crippen molar-refractivity contribution < 1.29 is 0 Å². The highest BCUT2D eigenvalue weighted by Crippen LogP contribution is 2.45. The highest BCUT2D eigenvalue weighted by Gasteiger charge is 2.43. The molecule has 0 bridgehead atoms. The number of nitrogens with zero attached hydrogens (tertiary/aromatic N) is 3. The Kier molecular flexibility index (Phi) is 4.35. The van der Waals surface area contributed by atoms with E-state index in [2.05, 4.69) is 90.9 Å². The van der Waals surface area contributed by atoms with Gasteiger partial charge in [0.1, 0.15) is 0 Å². The Labute approximate surface area is 165 Å². The lowest BCUT2D eigenvalue weighted by Crippen LogP contribution is -2.40. The van der Waals surface area contributed by atoms with E-state index in [4.69, 9.17) is 11.4 Å². The van der Waals surface area contributed by atoms with Crippen LogP contribution in [-0.4, -0.2) is 22.9 Å². The van der Waals surface area contributed by atoms with Crippen LogP contribution in [0.4, 0.5) is 11.4 Å². The summed E-state index contributed by atoms with van der Waals surface area (Å²) in [6.45, 7) is 2.19. The summed E-state index contributed by atoms with van der Waals surface area (Å²) in [6.07, 6.45) is 14.5. The second-order valence-electron chi connectivity index (χ2n) is 6.28. The molecular formula is C20H17Br2N3. The van der Waals surface area contributed by atoms with Crippen molar-refractivity contribution in [2.45, 2.75) is 30.3 Å². The van der Waals surface area contributed by atoms with Gasteiger partial charge in [0.05, 0.1) is 23.5 Å². The number of anilines is 2. The first-order valence-electron chi connectivity index (χ1n) is 8.21. The smallest absolute Gasteiger partial charge is 0.211 e. The van der Waals surface area contributed by atoms with E-state index in [-0.39, 0.29) is 12.1 Å². The van der Waals surface area contributed by atoms with Gasteiger partial charge in [-0.1, -0.05) is 49.9 Å². The number of terminal acetylenes is 1. The molecule has 0 spiro atoms. The van der Waals surface area contributed by atoms with E-state index < -0.39 is 0 Å². The summed E-state index contributed by atoms with van der Waals surface area (Å²) in [4.78, 5) is 9.83. The Balaban J connectivity index is 1.83. The number of para-hydroxylation sites is 2. The number of alkyl halides is 1. The van der Waals surface area contributed by atoms with Gasteiger partial charge >= 0.3 is 0 Å². The first-order valence-corrected chi connectivity index (χ1v) is 9.92. The third-order valence-corrected chi connectivity index (χ3v) is 5.80. The van der Waals surface area contributed by atoms with E-state index in [1.165, 1.54) is 10.2 Å². The molecule has 0 aromatic heterocycles. The van der Waals surface area contributed by atoms with E-state index in [0.717, 1.165) is 23.8 Å². The van der Waals surface area contributed by atoms with Crippen LogP contribution < -0.4 is 9.80 Å². The molecule has 0 radical (unpaired) electrons. The van der Waals surface area contributed by atoms with Gasteiger partial charge in [-0.2, -0.15) is 0 Å². The van der Waals surface area contributed by atoms with Gasteiger partial charge in [0.25, 0.3) is 0 Å². The van der Waals surface area contributed by atoms with E-state index in [1.807, 2.05) is 6.08 Å². The zero-order valence-electron chi connectivity index (χ0n) is 13.7. The van der Waals surface area contributed by atoms with Crippen LogP contribution in [0.2, 0.25) is 0 Å². The molecule has 3 aliphatic rings. The number of fused-ring (bicyclic) bond motifs is 3. The predicted molar refractivity (Wildman–Crippen MR) is 112 cm³/mol. The van der Waals surface area contributed by atoms with Gasteiger partial charge in [0.2, 0.25) is 5.96 Å². The molecule has 0 saturated carbocycles. The maximum absolute atomic E-state index is 5.38. The van der Waals surface area contributed by atoms with Crippen molar-refractivity contribution in [2.75, 3.05) is 9.80 Å². The molecule has 4 rings (SSSR count). The van der Waals surface area contributed by atoms with Crippen LogP contribution in [0.5, 0.6) is 0 Å². The lowest BCUT2D eigenvalue weighted by atomic mass is 10.1. The fraction of sp³-hybridized carbons (Fsp3) is 0.250.